The summed E-state index contributed by atoms with van der Waals surface area (Å²) < 4.78 is 21.5. The molecule has 0 aliphatic carbocycles. The number of anilines is 1. The number of nitrogens with one attached hydrogen (secondary N) is 2. The van der Waals surface area contributed by atoms with Crippen LogP contribution in [0.1, 0.15) is 17.4 Å². The number of amides is 2. The van der Waals surface area contributed by atoms with Gasteiger partial charge in [0.15, 0.2) is 0 Å². The molecule has 0 bridgehead atoms. The first-order valence-electron chi connectivity index (χ1n) is 10.9. The number of cyclic esters (lactones) is 1. The Balaban J connectivity index is 1.36. The van der Waals surface area contributed by atoms with Gasteiger partial charge in [-0.25, -0.2) is 9.18 Å². The number of carbonyl (C=O) groups is 2. The van der Waals surface area contributed by atoms with Gasteiger partial charge in [-0.3, -0.25) is 9.69 Å². The zero-order valence-corrected chi connectivity index (χ0v) is 20.6. The van der Waals surface area contributed by atoms with E-state index < -0.39 is 18.0 Å². The molecule has 1 atom stereocenters. The van der Waals surface area contributed by atoms with Crippen LogP contribution in [0.4, 0.5) is 14.9 Å². The Kier molecular flexibility index (Phi) is 7.87. The second-order valence-corrected chi connectivity index (χ2v) is 10.2. The molecule has 0 spiro atoms. The summed E-state index contributed by atoms with van der Waals surface area (Å²) in [6.07, 6.45) is 1.06. The summed E-state index contributed by atoms with van der Waals surface area (Å²) in [7, 11) is 0. The monoisotopic (exact) mass is 499 g/mol. The summed E-state index contributed by atoms with van der Waals surface area (Å²) in [6.45, 7) is 3.42. The normalized spacial score (nSPS) is 15.4. The van der Waals surface area contributed by atoms with Gasteiger partial charge in [0.1, 0.15) is 11.9 Å². The summed E-state index contributed by atoms with van der Waals surface area (Å²) >= 11 is 3.54. The Bertz CT molecular complexity index is 1170. The van der Waals surface area contributed by atoms with Crippen molar-refractivity contribution < 1.29 is 18.7 Å². The number of thioether (sulfide) groups is 1. The minimum Gasteiger partial charge on any atom is -0.442 e. The number of nitrogens with zero attached hydrogens (tertiary/aromatic N) is 1. The van der Waals surface area contributed by atoms with E-state index in [0.29, 0.717) is 11.3 Å². The lowest BCUT2D eigenvalue weighted by Crippen LogP contribution is -2.33. The first-order valence-corrected chi connectivity index (χ1v) is 12.9. The van der Waals surface area contributed by atoms with E-state index in [9.17, 15) is 14.0 Å². The zero-order chi connectivity index (χ0) is 24.1. The van der Waals surface area contributed by atoms with Crippen LogP contribution >= 0.6 is 23.1 Å². The van der Waals surface area contributed by atoms with Crippen LogP contribution < -0.4 is 15.5 Å². The van der Waals surface area contributed by atoms with Gasteiger partial charge in [-0.2, -0.15) is 0 Å². The van der Waals surface area contributed by atoms with Crippen LogP contribution in [0, 0.1) is 5.82 Å². The van der Waals surface area contributed by atoms with Crippen LogP contribution in [0.5, 0.6) is 0 Å². The minimum absolute atomic E-state index is 0.195. The molecule has 3 aromatic rings. The van der Waals surface area contributed by atoms with E-state index in [1.807, 2.05) is 24.3 Å². The van der Waals surface area contributed by atoms with E-state index in [1.165, 1.54) is 27.0 Å². The predicted molar refractivity (Wildman–Crippen MR) is 135 cm³/mol. The zero-order valence-electron chi connectivity index (χ0n) is 19.0. The molecule has 0 radical (unpaired) electrons. The molecule has 1 aromatic heterocycles. The summed E-state index contributed by atoms with van der Waals surface area (Å²) in [5, 5.41) is 6.07. The number of benzene rings is 2. The fraction of sp³-hybridized carbons (Fsp3) is 0.280. The molecule has 1 aliphatic heterocycles. The predicted octanol–water partition coefficient (Wildman–Crippen LogP) is 5.03. The van der Waals surface area contributed by atoms with E-state index >= 15 is 0 Å². The molecular weight excluding hydrogens is 473 g/mol. The van der Waals surface area contributed by atoms with Gasteiger partial charge in [0, 0.05) is 30.5 Å². The van der Waals surface area contributed by atoms with Gasteiger partial charge in [0.2, 0.25) is 5.91 Å². The maximum Gasteiger partial charge on any atom is 0.414 e. The Morgan fingerprint density at radius 3 is 2.65 bits per heavy atom. The molecule has 2 N–H and O–H groups in total. The Labute approximate surface area is 206 Å². The van der Waals surface area contributed by atoms with Gasteiger partial charge in [-0.05, 0) is 47.7 Å². The van der Waals surface area contributed by atoms with Gasteiger partial charge in [-0.15, -0.1) is 23.1 Å². The van der Waals surface area contributed by atoms with Crippen molar-refractivity contribution in [2.45, 2.75) is 30.3 Å². The van der Waals surface area contributed by atoms with Gasteiger partial charge in [-0.1, -0.05) is 24.3 Å². The third-order valence-corrected chi connectivity index (χ3v) is 7.62. The lowest BCUT2D eigenvalue weighted by atomic mass is 10.0. The van der Waals surface area contributed by atoms with E-state index in [1.54, 1.807) is 35.2 Å². The third kappa shape index (κ3) is 5.97. The average Bonchev–Trinajstić information content (AvgIpc) is 3.44. The number of hydrogen-bond donors (Lipinski definition) is 2. The molecule has 6 nitrogen and oxygen atoms in total. The first kappa shape index (κ1) is 24.3. The van der Waals surface area contributed by atoms with Crippen LogP contribution in [0.3, 0.4) is 0 Å². The highest BCUT2D eigenvalue weighted by Gasteiger charge is 2.32. The molecule has 178 valence electrons. The molecule has 2 aromatic carbocycles. The molecule has 2 amide bonds. The second kappa shape index (κ2) is 11.0. The molecule has 0 saturated carbocycles. The number of halogens is 1. The van der Waals surface area contributed by atoms with Crippen LogP contribution in [0.25, 0.3) is 11.1 Å². The lowest BCUT2D eigenvalue weighted by molar-refractivity contribution is -0.119. The van der Waals surface area contributed by atoms with Crippen molar-refractivity contribution in [1.82, 2.24) is 10.6 Å². The van der Waals surface area contributed by atoms with Gasteiger partial charge in [0.05, 0.1) is 23.0 Å². The number of ether oxygens (including phenoxy) is 1. The fourth-order valence-electron chi connectivity index (χ4n) is 3.70. The molecule has 2 heterocycles. The van der Waals surface area contributed by atoms with Gasteiger partial charge >= 0.3 is 6.09 Å². The molecule has 34 heavy (non-hydrogen) atoms. The number of hydrogen-bond acceptors (Lipinski definition) is 6. The topological polar surface area (TPSA) is 70.7 Å². The number of carbonyl (C=O) groups excluding carboxylic acids is 2. The smallest absolute Gasteiger partial charge is 0.414 e. The SMILES string of the molecule is CSc1ccc(CNCc2ccc(-c3ccc(N4C[C@H](CNC(C)=O)OC4=O)cc3F)cc2)s1. The van der Waals surface area contributed by atoms with Crippen LogP contribution in [0.15, 0.2) is 58.8 Å². The van der Waals surface area contributed by atoms with Crippen LogP contribution in [-0.4, -0.2) is 37.4 Å². The highest BCUT2D eigenvalue weighted by molar-refractivity contribution is 8.00. The lowest BCUT2D eigenvalue weighted by Gasteiger charge is -2.15. The van der Waals surface area contributed by atoms with Gasteiger partial charge < -0.3 is 15.4 Å². The second-order valence-electron chi connectivity index (χ2n) is 7.94. The van der Waals surface area contributed by atoms with E-state index in [2.05, 4.69) is 29.0 Å². The Morgan fingerprint density at radius 2 is 1.97 bits per heavy atom. The highest BCUT2D eigenvalue weighted by atomic mass is 32.2. The molecule has 9 heteroatoms. The van der Waals surface area contributed by atoms with E-state index in [-0.39, 0.29) is 19.0 Å². The van der Waals surface area contributed by atoms with Crippen molar-refractivity contribution in [3.05, 3.63) is 70.9 Å². The van der Waals surface area contributed by atoms with Crippen molar-refractivity contribution in [2.24, 2.45) is 0 Å². The molecule has 1 saturated heterocycles. The molecular formula is C25H26FN3O3S2. The fourth-order valence-corrected chi connectivity index (χ4v) is 5.26. The minimum atomic E-state index is -0.549. The van der Waals surface area contributed by atoms with E-state index in [0.717, 1.165) is 24.2 Å². The third-order valence-electron chi connectivity index (χ3n) is 5.45. The molecule has 0 unspecified atom stereocenters. The molecule has 4 rings (SSSR count). The summed E-state index contributed by atoms with van der Waals surface area (Å²) in [5.41, 5.74) is 2.78. The van der Waals surface area contributed by atoms with Crippen molar-refractivity contribution in [2.75, 3.05) is 24.2 Å². The number of thiophene rings is 1. The Morgan fingerprint density at radius 1 is 1.18 bits per heavy atom. The highest BCUT2D eigenvalue weighted by Crippen LogP contribution is 2.29. The van der Waals surface area contributed by atoms with Crippen LogP contribution in [-0.2, 0) is 22.6 Å². The average molecular weight is 500 g/mol. The summed E-state index contributed by atoms with van der Waals surface area (Å²) in [5.74, 6) is -0.609. The number of rotatable bonds is 9. The van der Waals surface area contributed by atoms with Crippen molar-refractivity contribution in [1.29, 1.82) is 0 Å². The first-order chi connectivity index (χ1) is 16.4. The maximum atomic E-state index is 14.9. The van der Waals surface area contributed by atoms with Crippen molar-refractivity contribution >= 4 is 40.8 Å². The van der Waals surface area contributed by atoms with Crippen molar-refractivity contribution in [3.63, 3.8) is 0 Å². The summed E-state index contributed by atoms with van der Waals surface area (Å²) in [6, 6.07) is 16.8. The Hall–Kier alpha value is -2.88. The molecule has 1 aliphatic rings. The quantitative estimate of drug-likeness (QED) is 0.404. The standard InChI is InChI=1S/C25H26FN3O3S2/c1-16(30)28-13-20-15-29(25(31)32-20)19-7-9-22(23(26)11-19)18-5-3-17(4-6-18)12-27-14-21-8-10-24(33-2)34-21/h3-11,20,27H,12-15H2,1-2H3,(H,28,30)/t20-/m0/s1. The van der Waals surface area contributed by atoms with Gasteiger partial charge in [0.25, 0.3) is 0 Å². The van der Waals surface area contributed by atoms with Crippen molar-refractivity contribution in [3.8, 4) is 11.1 Å². The van der Waals surface area contributed by atoms with E-state index in [4.69, 9.17) is 4.74 Å². The molecule has 1 fully saturated rings. The summed E-state index contributed by atoms with van der Waals surface area (Å²) in [4.78, 5) is 25.9. The van der Waals surface area contributed by atoms with Crippen LogP contribution in [0.2, 0.25) is 0 Å². The maximum absolute atomic E-state index is 14.9. The largest absolute Gasteiger partial charge is 0.442 e.